The monoisotopic (exact) mass is 790 g/mol. The number of esters is 1. The van der Waals surface area contributed by atoms with Gasteiger partial charge in [-0.15, -0.1) is 0 Å². The van der Waals surface area contributed by atoms with Crippen LogP contribution in [0.2, 0.25) is 0 Å². The highest BCUT2D eigenvalue weighted by molar-refractivity contribution is 5.83. The second-order valence-electron chi connectivity index (χ2n) is 16.9. The van der Waals surface area contributed by atoms with Crippen LogP contribution in [0.1, 0.15) is 94.9 Å². The van der Waals surface area contributed by atoms with Crippen molar-refractivity contribution in [2.24, 2.45) is 29.6 Å². The average molecular weight is 791 g/mol. The number of nitrogens with one attached hydrogen (secondary N) is 1. The smallest absolute Gasteiger partial charge is 0.317 e. The summed E-state index contributed by atoms with van der Waals surface area (Å²) in [7, 11) is 5.98. The third-order valence-corrected chi connectivity index (χ3v) is 12.6. The number of hydrogen-bond donors (Lipinski definition) is 5. The van der Waals surface area contributed by atoms with Crippen molar-refractivity contribution in [2.75, 3.05) is 28.3 Å². The maximum Gasteiger partial charge on any atom is 0.317 e. The number of ketones is 1. The van der Waals surface area contributed by atoms with Gasteiger partial charge in [0.05, 0.1) is 48.1 Å². The van der Waals surface area contributed by atoms with Crippen LogP contribution in [0.3, 0.4) is 0 Å². The summed E-state index contributed by atoms with van der Waals surface area (Å²) >= 11 is 0. The Labute approximate surface area is 326 Å². The van der Waals surface area contributed by atoms with Gasteiger partial charge in [-0.3, -0.25) is 14.3 Å². The van der Waals surface area contributed by atoms with Crippen LogP contribution in [0.25, 0.3) is 0 Å². The van der Waals surface area contributed by atoms with E-state index in [1.54, 1.807) is 48.6 Å². The van der Waals surface area contributed by atoms with Crippen LogP contribution in [-0.4, -0.2) is 150 Å². The number of carbonyl (C=O) groups is 3. The number of urea groups is 1. The van der Waals surface area contributed by atoms with E-state index in [0.717, 1.165) is 0 Å². The molecule has 1 aliphatic carbocycles. The molecule has 0 aromatic rings. The van der Waals surface area contributed by atoms with Gasteiger partial charge in [-0.25, -0.2) is 4.79 Å². The number of hydrogen-bond acceptors (Lipinski definition) is 14. The number of likely N-dealkylation sites (N-methyl/N-ethyl adjacent to an activating group) is 1. The highest BCUT2D eigenvalue weighted by Gasteiger charge is 2.54. The summed E-state index contributed by atoms with van der Waals surface area (Å²) < 4.78 is 43.2. The van der Waals surface area contributed by atoms with E-state index in [-0.39, 0.29) is 30.6 Å². The Morgan fingerprint density at radius 2 is 1.56 bits per heavy atom. The molecule has 2 aliphatic heterocycles. The highest BCUT2D eigenvalue weighted by Crippen LogP contribution is 2.42. The van der Waals surface area contributed by atoms with Crippen LogP contribution in [0.15, 0.2) is 0 Å². The summed E-state index contributed by atoms with van der Waals surface area (Å²) in [5, 5.41) is 48.4. The van der Waals surface area contributed by atoms with Gasteiger partial charge < -0.3 is 59.1 Å². The Morgan fingerprint density at radius 1 is 0.945 bits per heavy atom. The molecule has 2 heterocycles. The van der Waals surface area contributed by atoms with Gasteiger partial charge in [0.15, 0.2) is 5.79 Å². The second kappa shape index (κ2) is 18.7. The molecule has 2 amide bonds. The predicted octanol–water partition coefficient (Wildman–Crippen LogP) is 2.35. The molecule has 16 heteroatoms. The molecule has 18 atom stereocenters. The molecule has 55 heavy (non-hydrogen) atoms. The zero-order chi connectivity index (χ0) is 42.0. The molecule has 1 unspecified atom stereocenters. The quantitative estimate of drug-likeness (QED) is 0.224. The minimum atomic E-state index is -2.01. The number of cyclic esters (lactones) is 1. The number of methoxy groups -OCH3 is 2. The molecule has 320 valence electrons. The van der Waals surface area contributed by atoms with Crippen molar-refractivity contribution in [3.63, 3.8) is 0 Å². The Balaban J connectivity index is 2.23. The molecule has 0 aromatic carbocycles. The third-order valence-electron chi connectivity index (χ3n) is 12.6. The van der Waals surface area contributed by atoms with Crippen molar-refractivity contribution in [1.29, 1.82) is 0 Å². The van der Waals surface area contributed by atoms with E-state index < -0.39 is 108 Å². The van der Waals surface area contributed by atoms with E-state index in [9.17, 15) is 34.8 Å². The number of nitrogens with zero attached hydrogens (tertiary/aromatic N) is 1. The van der Waals surface area contributed by atoms with Crippen LogP contribution in [-0.2, 0) is 42.7 Å². The first-order valence-corrected chi connectivity index (χ1v) is 19.6. The summed E-state index contributed by atoms with van der Waals surface area (Å²) in [6, 6.07) is -0.962. The number of amides is 2. The van der Waals surface area contributed by atoms with Crippen LogP contribution < -0.4 is 5.32 Å². The molecule has 0 bridgehead atoms. The lowest BCUT2D eigenvalue weighted by Crippen LogP contribution is -2.62. The van der Waals surface area contributed by atoms with Gasteiger partial charge in [-0.2, -0.15) is 0 Å². The minimum Gasteiger partial charge on any atom is -0.459 e. The number of Topliss-reactive ketones (excluding diaryl/α,β-unsaturated/α-hetero) is 1. The summed E-state index contributed by atoms with van der Waals surface area (Å²) in [6.07, 6.45) is -7.79. The Hall–Kier alpha value is -1.99. The fraction of sp³-hybridized carbons (Fsp3) is 0.923. The summed E-state index contributed by atoms with van der Waals surface area (Å²) in [5.74, 6) is -6.34. The maximum absolute atomic E-state index is 14.2. The fourth-order valence-corrected chi connectivity index (χ4v) is 8.81. The zero-order valence-corrected chi connectivity index (χ0v) is 35.3. The first-order valence-electron chi connectivity index (χ1n) is 19.6. The lowest BCUT2D eigenvalue weighted by molar-refractivity contribution is -0.454. The van der Waals surface area contributed by atoms with E-state index >= 15 is 0 Å². The van der Waals surface area contributed by atoms with Crippen molar-refractivity contribution in [2.45, 2.75) is 173 Å². The van der Waals surface area contributed by atoms with Crippen LogP contribution in [0.5, 0.6) is 0 Å². The van der Waals surface area contributed by atoms with Crippen molar-refractivity contribution >= 4 is 17.8 Å². The largest absolute Gasteiger partial charge is 0.459 e. The molecular weight excluding hydrogens is 720 g/mol. The highest BCUT2D eigenvalue weighted by atomic mass is 16.9. The van der Waals surface area contributed by atoms with E-state index in [0.29, 0.717) is 12.8 Å². The Bertz CT molecular complexity index is 1300. The van der Waals surface area contributed by atoms with E-state index in [1.165, 1.54) is 46.9 Å². The summed E-state index contributed by atoms with van der Waals surface area (Å²) in [4.78, 5) is 42.4. The van der Waals surface area contributed by atoms with Gasteiger partial charge >= 0.3 is 12.0 Å². The van der Waals surface area contributed by atoms with Gasteiger partial charge in [0.25, 0.3) is 6.48 Å². The standard InChI is InChI=1S/C39H70N2O14/c1-15-27-38(9,48)31(44)21(4)28(42)20(3)18-37(8,49-13)33(52-26-17-19(2)16-25(29(26)43)41(12)35(47)40-11)22(5)30(23(6)34(46)53-27)54-36-51-24(7)32(45)39(10,50-14)55-36/h19-27,29-33,36,43-45,48H,15-18H2,1-14H3,(H,40,47)/t19-,20-,21?,22+,23-,24+,25+,26-,27-,29-,30+,31-,32+,33-,36+,37+,38-,39-/m1/s1. The van der Waals surface area contributed by atoms with Crippen molar-refractivity contribution in [1.82, 2.24) is 10.2 Å². The van der Waals surface area contributed by atoms with Crippen LogP contribution in [0.4, 0.5) is 4.79 Å². The van der Waals surface area contributed by atoms with Gasteiger partial charge in [-0.05, 0) is 66.2 Å². The number of aliphatic hydroxyl groups excluding tert-OH is 3. The third kappa shape index (κ3) is 10.0. The molecule has 3 fully saturated rings. The number of rotatable bonds is 8. The molecule has 5 N–H and O–H groups in total. The number of carbonyl (C=O) groups excluding carboxylic acids is 3. The van der Waals surface area contributed by atoms with Gasteiger partial charge in [0.2, 0.25) is 0 Å². The van der Waals surface area contributed by atoms with Crippen LogP contribution >= 0.6 is 0 Å². The maximum atomic E-state index is 14.2. The minimum absolute atomic E-state index is 0.0272. The average Bonchev–Trinajstić information content (AvgIpc) is 3.15. The van der Waals surface area contributed by atoms with Gasteiger partial charge in [0, 0.05) is 46.1 Å². The van der Waals surface area contributed by atoms with E-state index in [1.807, 2.05) is 6.92 Å². The Kier molecular flexibility index (Phi) is 16.1. The zero-order valence-electron chi connectivity index (χ0n) is 35.3. The van der Waals surface area contributed by atoms with Crippen LogP contribution in [0, 0.1) is 29.6 Å². The van der Waals surface area contributed by atoms with Crippen molar-refractivity contribution < 1.29 is 68.0 Å². The summed E-state index contributed by atoms with van der Waals surface area (Å²) in [5.41, 5.74) is -3.31. The normalized spacial score (nSPS) is 46.7. The molecule has 16 nitrogen and oxygen atoms in total. The first kappa shape index (κ1) is 47.4. The first-order chi connectivity index (χ1) is 25.4. The number of ether oxygens (including phenoxy) is 7. The molecule has 3 rings (SSSR count). The Morgan fingerprint density at radius 3 is 2.11 bits per heavy atom. The lowest BCUT2D eigenvalue weighted by Gasteiger charge is -2.50. The van der Waals surface area contributed by atoms with E-state index in [2.05, 4.69) is 5.32 Å². The van der Waals surface area contributed by atoms with Crippen molar-refractivity contribution in [3.8, 4) is 0 Å². The predicted molar refractivity (Wildman–Crippen MR) is 199 cm³/mol. The van der Waals surface area contributed by atoms with E-state index in [4.69, 9.17) is 33.2 Å². The summed E-state index contributed by atoms with van der Waals surface area (Å²) in [6.45, 7) is 15.1. The topological polar surface area (TPSA) is 212 Å². The van der Waals surface area contributed by atoms with Gasteiger partial charge in [-0.1, -0.05) is 34.6 Å². The fourth-order valence-electron chi connectivity index (χ4n) is 8.81. The molecule has 3 aliphatic rings. The molecule has 2 saturated heterocycles. The molecular formula is C39H70N2O14. The second-order valence-corrected chi connectivity index (χ2v) is 16.9. The number of aliphatic hydroxyl groups is 4. The van der Waals surface area contributed by atoms with Gasteiger partial charge in [0.1, 0.15) is 29.7 Å². The molecule has 0 radical (unpaired) electrons. The molecule has 1 saturated carbocycles. The molecule has 0 spiro atoms. The lowest BCUT2D eigenvalue weighted by atomic mass is 9.73. The molecule has 0 aromatic heterocycles. The van der Waals surface area contributed by atoms with Crippen molar-refractivity contribution in [3.05, 3.63) is 0 Å². The SMILES string of the molecule is CC[C@H]1OC(=O)[C@H](C)[C@@H](O[C@@H]2O[C@@H](C)[C@H](O)[C@](C)(OC)O2)[C@H](C)[C@@H](O[C@@H]2C[C@H](C)C[C@H](N(C)C(=O)NC)[C@H]2O)[C@@](C)(OC)C[C@@H](C)C(=O)C(C)[C@@H](O)[C@]1(C)O.